The normalized spacial score (nSPS) is 10.2. The average Bonchev–Trinajstić information content (AvgIpc) is 2.40. The fourth-order valence-electron chi connectivity index (χ4n) is 2.10. The molecule has 0 aliphatic heterocycles. The zero-order valence-electron chi connectivity index (χ0n) is 12.0. The third-order valence-corrected chi connectivity index (χ3v) is 3.00. The first-order chi connectivity index (χ1) is 8.81. The highest BCUT2D eigenvalue weighted by molar-refractivity contribution is 5.41. The van der Waals surface area contributed by atoms with Gasteiger partial charge in [-0.05, 0) is 44.0 Å². The minimum atomic E-state index is 0.889. The molecule has 0 atom stereocenters. The maximum Gasteiger partial charge on any atom is 0.0605 e. The Morgan fingerprint density at radius 1 is 1.00 bits per heavy atom. The van der Waals surface area contributed by atoms with E-state index in [1.54, 1.807) is 0 Å². The Morgan fingerprint density at radius 3 is 2.28 bits per heavy atom. The lowest BCUT2D eigenvalue weighted by molar-refractivity contribution is 0.308. The van der Waals surface area contributed by atoms with Crippen LogP contribution in [0.5, 0.6) is 0 Å². The summed E-state index contributed by atoms with van der Waals surface area (Å²) in [7, 11) is 0. The van der Waals surface area contributed by atoms with Crippen molar-refractivity contribution in [2.24, 2.45) is 0 Å². The van der Waals surface area contributed by atoms with Gasteiger partial charge >= 0.3 is 0 Å². The van der Waals surface area contributed by atoms with E-state index in [0.717, 1.165) is 26.1 Å². The van der Waals surface area contributed by atoms with Crippen LogP contribution in [0.25, 0.3) is 0 Å². The molecule has 0 amide bonds. The van der Waals surface area contributed by atoms with Gasteiger partial charge in [0, 0.05) is 5.56 Å². The molecule has 0 unspecified atom stereocenters. The minimum absolute atomic E-state index is 0.889. The predicted octanol–water partition coefficient (Wildman–Crippen LogP) is 3.72. The summed E-state index contributed by atoms with van der Waals surface area (Å²) in [5.41, 5.74) is 2.54. The SMILES string of the molecule is CCCN(CC#Cc1ccccc1CC)CCC. The van der Waals surface area contributed by atoms with Gasteiger partial charge in [-0.1, -0.05) is 50.8 Å². The van der Waals surface area contributed by atoms with Gasteiger partial charge in [-0.25, -0.2) is 0 Å². The molecule has 0 fully saturated rings. The highest BCUT2D eigenvalue weighted by Crippen LogP contribution is 2.07. The van der Waals surface area contributed by atoms with Crippen molar-refractivity contribution in [3.05, 3.63) is 35.4 Å². The third kappa shape index (κ3) is 4.94. The smallest absolute Gasteiger partial charge is 0.0605 e. The largest absolute Gasteiger partial charge is 0.292 e. The number of benzene rings is 1. The van der Waals surface area contributed by atoms with E-state index in [0.29, 0.717) is 0 Å². The fourth-order valence-corrected chi connectivity index (χ4v) is 2.10. The molecule has 0 radical (unpaired) electrons. The molecule has 0 spiro atoms. The zero-order valence-corrected chi connectivity index (χ0v) is 12.0. The Labute approximate surface area is 112 Å². The Kier molecular flexibility index (Phi) is 7.22. The van der Waals surface area contributed by atoms with Crippen LogP contribution in [0.2, 0.25) is 0 Å². The van der Waals surface area contributed by atoms with Crippen LogP contribution in [-0.4, -0.2) is 24.5 Å². The van der Waals surface area contributed by atoms with Gasteiger partial charge in [0.05, 0.1) is 6.54 Å². The summed E-state index contributed by atoms with van der Waals surface area (Å²) in [4.78, 5) is 2.43. The van der Waals surface area contributed by atoms with Crippen LogP contribution in [0.3, 0.4) is 0 Å². The summed E-state index contributed by atoms with van der Waals surface area (Å²) in [5.74, 6) is 6.64. The third-order valence-electron chi connectivity index (χ3n) is 3.00. The van der Waals surface area contributed by atoms with E-state index in [1.807, 2.05) is 0 Å². The zero-order chi connectivity index (χ0) is 13.2. The molecule has 0 saturated carbocycles. The molecule has 0 aliphatic carbocycles. The van der Waals surface area contributed by atoms with Crippen molar-refractivity contribution >= 4 is 0 Å². The lowest BCUT2D eigenvalue weighted by Crippen LogP contribution is -2.25. The molecule has 1 aromatic carbocycles. The minimum Gasteiger partial charge on any atom is -0.292 e. The number of hydrogen-bond donors (Lipinski definition) is 0. The van der Waals surface area contributed by atoms with Gasteiger partial charge in [-0.2, -0.15) is 0 Å². The maximum absolute atomic E-state index is 3.32. The number of rotatable bonds is 6. The summed E-state index contributed by atoms with van der Waals surface area (Å²) >= 11 is 0. The summed E-state index contributed by atoms with van der Waals surface area (Å²) in [5, 5.41) is 0. The molecule has 1 rings (SSSR count). The quantitative estimate of drug-likeness (QED) is 0.688. The number of hydrogen-bond acceptors (Lipinski definition) is 1. The monoisotopic (exact) mass is 243 g/mol. The van der Waals surface area contributed by atoms with E-state index >= 15 is 0 Å². The van der Waals surface area contributed by atoms with E-state index in [4.69, 9.17) is 0 Å². The van der Waals surface area contributed by atoms with Crippen LogP contribution in [-0.2, 0) is 6.42 Å². The molecular weight excluding hydrogens is 218 g/mol. The van der Waals surface area contributed by atoms with Gasteiger partial charge in [0.15, 0.2) is 0 Å². The summed E-state index contributed by atoms with van der Waals surface area (Å²) in [6.45, 7) is 9.82. The second kappa shape index (κ2) is 8.78. The van der Waals surface area contributed by atoms with Crippen molar-refractivity contribution in [1.29, 1.82) is 0 Å². The van der Waals surface area contributed by atoms with Crippen LogP contribution in [0, 0.1) is 11.8 Å². The van der Waals surface area contributed by atoms with Crippen molar-refractivity contribution in [2.75, 3.05) is 19.6 Å². The fraction of sp³-hybridized carbons (Fsp3) is 0.529. The standard InChI is InChI=1S/C17H25N/c1-4-13-18(14-5-2)15-9-12-17-11-8-7-10-16(17)6-3/h7-8,10-11H,4-6,13-15H2,1-3H3. The first kappa shape index (κ1) is 14.8. The Morgan fingerprint density at radius 2 is 1.67 bits per heavy atom. The summed E-state index contributed by atoms with van der Waals surface area (Å²) in [6.07, 6.45) is 3.46. The van der Waals surface area contributed by atoms with Gasteiger partial charge in [0.2, 0.25) is 0 Å². The summed E-state index contributed by atoms with van der Waals surface area (Å²) < 4.78 is 0. The van der Waals surface area contributed by atoms with Gasteiger partial charge < -0.3 is 0 Å². The predicted molar refractivity (Wildman–Crippen MR) is 79.7 cm³/mol. The second-order valence-corrected chi connectivity index (χ2v) is 4.59. The lowest BCUT2D eigenvalue weighted by Gasteiger charge is -2.17. The van der Waals surface area contributed by atoms with Crippen molar-refractivity contribution in [2.45, 2.75) is 40.0 Å². The maximum atomic E-state index is 3.32. The Hall–Kier alpha value is -1.26. The van der Waals surface area contributed by atoms with Crippen LogP contribution in [0.4, 0.5) is 0 Å². The Bertz CT molecular complexity index is 392. The van der Waals surface area contributed by atoms with E-state index in [-0.39, 0.29) is 0 Å². The van der Waals surface area contributed by atoms with Gasteiger partial charge in [-0.3, -0.25) is 4.90 Å². The highest BCUT2D eigenvalue weighted by Gasteiger charge is 1.99. The molecule has 0 aliphatic rings. The molecule has 0 heterocycles. The average molecular weight is 243 g/mol. The van der Waals surface area contributed by atoms with Gasteiger partial charge in [0.1, 0.15) is 0 Å². The highest BCUT2D eigenvalue weighted by atomic mass is 15.1. The van der Waals surface area contributed by atoms with Gasteiger partial charge in [-0.15, -0.1) is 0 Å². The molecule has 0 N–H and O–H groups in total. The lowest BCUT2D eigenvalue weighted by atomic mass is 10.1. The van der Waals surface area contributed by atoms with Crippen LogP contribution >= 0.6 is 0 Å². The van der Waals surface area contributed by atoms with Crippen molar-refractivity contribution in [3.63, 3.8) is 0 Å². The first-order valence-corrected chi connectivity index (χ1v) is 7.10. The van der Waals surface area contributed by atoms with Crippen LogP contribution in [0.15, 0.2) is 24.3 Å². The van der Waals surface area contributed by atoms with Crippen LogP contribution < -0.4 is 0 Å². The van der Waals surface area contributed by atoms with E-state index in [1.165, 1.54) is 24.0 Å². The molecule has 98 valence electrons. The number of nitrogens with zero attached hydrogens (tertiary/aromatic N) is 1. The van der Waals surface area contributed by atoms with E-state index < -0.39 is 0 Å². The second-order valence-electron chi connectivity index (χ2n) is 4.59. The molecule has 1 aromatic rings. The Balaban J connectivity index is 2.63. The van der Waals surface area contributed by atoms with Crippen molar-refractivity contribution in [1.82, 2.24) is 4.90 Å². The van der Waals surface area contributed by atoms with E-state index in [2.05, 4.69) is 61.8 Å². The number of aryl methyl sites for hydroxylation is 1. The topological polar surface area (TPSA) is 3.24 Å². The molecular formula is C17H25N. The molecule has 18 heavy (non-hydrogen) atoms. The van der Waals surface area contributed by atoms with Crippen LogP contribution in [0.1, 0.15) is 44.7 Å². The van der Waals surface area contributed by atoms with E-state index in [9.17, 15) is 0 Å². The van der Waals surface area contributed by atoms with Crippen molar-refractivity contribution in [3.8, 4) is 11.8 Å². The molecule has 0 aromatic heterocycles. The molecule has 0 bridgehead atoms. The molecule has 1 heteroatoms. The first-order valence-electron chi connectivity index (χ1n) is 7.10. The van der Waals surface area contributed by atoms with Crippen molar-refractivity contribution < 1.29 is 0 Å². The molecule has 0 saturated heterocycles. The van der Waals surface area contributed by atoms with Gasteiger partial charge in [0.25, 0.3) is 0 Å². The molecule has 1 nitrogen and oxygen atoms in total. The summed E-state index contributed by atoms with van der Waals surface area (Å²) in [6, 6.07) is 8.44.